The van der Waals surface area contributed by atoms with Crippen LogP contribution in [0.15, 0.2) is 48.5 Å². The Kier molecular flexibility index (Phi) is 6.49. The minimum atomic E-state index is -4.43. The molecule has 2 aromatic carbocycles. The fraction of sp³-hybridized carbons (Fsp3) is 0.423. The zero-order valence-electron chi connectivity index (χ0n) is 19.4. The Hall–Kier alpha value is -3.36. The molecule has 1 unspecified atom stereocenters. The van der Waals surface area contributed by atoms with Gasteiger partial charge >= 0.3 is 6.18 Å². The smallest absolute Gasteiger partial charge is 0.355 e. The van der Waals surface area contributed by atoms with Crippen molar-refractivity contribution >= 4 is 17.3 Å². The summed E-state index contributed by atoms with van der Waals surface area (Å²) in [6, 6.07) is 12.0. The van der Waals surface area contributed by atoms with Crippen LogP contribution in [-0.2, 0) is 19.1 Å². The summed E-state index contributed by atoms with van der Waals surface area (Å²) in [7, 11) is 0. The van der Waals surface area contributed by atoms with E-state index in [0.29, 0.717) is 24.3 Å². The van der Waals surface area contributed by atoms with E-state index in [0.717, 1.165) is 62.4 Å². The van der Waals surface area contributed by atoms with Crippen molar-refractivity contribution in [3.05, 3.63) is 71.3 Å². The highest BCUT2D eigenvalue weighted by Gasteiger charge is 2.32. The molecule has 1 atom stereocenters. The molecule has 35 heavy (non-hydrogen) atoms. The zero-order valence-corrected chi connectivity index (χ0v) is 19.4. The molecule has 1 aromatic heterocycles. The van der Waals surface area contributed by atoms with Crippen LogP contribution in [-0.4, -0.2) is 38.7 Å². The van der Waals surface area contributed by atoms with Crippen LogP contribution in [0.4, 0.5) is 24.5 Å². The summed E-state index contributed by atoms with van der Waals surface area (Å²) in [6.07, 6.45) is 1.75. The Morgan fingerprint density at radius 1 is 0.971 bits per heavy atom. The molecule has 0 spiro atoms. The van der Waals surface area contributed by atoms with Gasteiger partial charge in [0, 0.05) is 37.7 Å². The first-order valence-corrected chi connectivity index (χ1v) is 12.1. The first kappa shape index (κ1) is 23.4. The molecule has 0 bridgehead atoms. The fourth-order valence-corrected chi connectivity index (χ4v) is 5.06. The Bertz CT molecular complexity index is 1210. The second-order valence-electron chi connectivity index (χ2n) is 9.28. The summed E-state index contributed by atoms with van der Waals surface area (Å²) in [4.78, 5) is 15.4. The average molecular weight is 484 g/mol. The van der Waals surface area contributed by atoms with Crippen LogP contribution in [0, 0.1) is 0 Å². The number of carbonyl (C=O) groups excluding carboxylic acids is 1. The number of hydrogen-bond acceptors (Lipinski definition) is 4. The molecule has 9 heteroatoms. The van der Waals surface area contributed by atoms with Crippen LogP contribution in [0.25, 0.3) is 0 Å². The Balaban J connectivity index is 1.35. The van der Waals surface area contributed by atoms with E-state index >= 15 is 0 Å². The normalized spacial score (nSPS) is 18.6. The van der Waals surface area contributed by atoms with Crippen LogP contribution in [0.5, 0.6) is 0 Å². The third kappa shape index (κ3) is 5.04. The lowest BCUT2D eigenvalue weighted by Gasteiger charge is -2.33. The molecular weight excluding hydrogens is 455 g/mol. The van der Waals surface area contributed by atoms with Crippen LogP contribution in [0.1, 0.15) is 65.6 Å². The summed E-state index contributed by atoms with van der Waals surface area (Å²) in [6.45, 7) is 2.11. The molecule has 6 nitrogen and oxygen atoms in total. The van der Waals surface area contributed by atoms with Crippen molar-refractivity contribution in [2.75, 3.05) is 18.4 Å². The van der Waals surface area contributed by atoms with E-state index in [1.807, 2.05) is 4.90 Å². The first-order chi connectivity index (χ1) is 16.9. The van der Waals surface area contributed by atoms with Crippen molar-refractivity contribution in [3.63, 3.8) is 0 Å². The van der Waals surface area contributed by atoms with Gasteiger partial charge in [-0.15, -0.1) is 10.2 Å². The number of aromatic nitrogens is 3. The lowest BCUT2D eigenvalue weighted by molar-refractivity contribution is -0.137. The second kappa shape index (κ2) is 9.71. The van der Waals surface area contributed by atoms with Gasteiger partial charge in [0.15, 0.2) is 0 Å². The number of alkyl halides is 3. The summed E-state index contributed by atoms with van der Waals surface area (Å²) >= 11 is 0. The van der Waals surface area contributed by atoms with E-state index in [1.165, 1.54) is 12.5 Å². The molecule has 1 N–H and O–H groups in total. The molecule has 184 valence electrons. The number of anilines is 2. The molecule has 5 rings (SSSR count). The number of amides is 1. The molecule has 2 aliphatic rings. The highest BCUT2D eigenvalue weighted by molar-refractivity contribution is 6.00. The average Bonchev–Trinajstić information content (AvgIpc) is 3.12. The number of halogens is 3. The number of likely N-dealkylation sites (tertiary alicyclic amines) is 1. The number of aryl methyl sites for hydroxylation is 1. The molecule has 0 saturated carbocycles. The van der Waals surface area contributed by atoms with Gasteiger partial charge in [0.2, 0.25) is 0 Å². The highest BCUT2D eigenvalue weighted by Crippen LogP contribution is 2.33. The van der Waals surface area contributed by atoms with E-state index in [1.54, 1.807) is 30.3 Å². The molecule has 3 heterocycles. The Morgan fingerprint density at radius 2 is 1.83 bits per heavy atom. The topological polar surface area (TPSA) is 63.1 Å². The standard InChI is InChI=1S/C26H28F3N5O/c27-26(28,29)19-9-6-10-20(16-19)30-22-12-4-3-11-21(22)25(35)33-14-7-8-18(17-33)24-32-31-23-13-2-1-5-15-34(23)24/h3-4,6,9-12,16,18,30H,1-2,5,7-8,13-15,17H2. The van der Waals surface area contributed by atoms with Crippen LogP contribution < -0.4 is 5.32 Å². The van der Waals surface area contributed by atoms with E-state index < -0.39 is 11.7 Å². The fourth-order valence-electron chi connectivity index (χ4n) is 5.06. The van der Waals surface area contributed by atoms with E-state index in [-0.39, 0.29) is 17.5 Å². The number of benzene rings is 2. The van der Waals surface area contributed by atoms with Crippen LogP contribution in [0.3, 0.4) is 0 Å². The number of piperidine rings is 1. The van der Waals surface area contributed by atoms with Gasteiger partial charge in [0.25, 0.3) is 5.91 Å². The van der Waals surface area contributed by atoms with E-state index in [9.17, 15) is 18.0 Å². The maximum Gasteiger partial charge on any atom is 0.416 e. The summed E-state index contributed by atoms with van der Waals surface area (Å²) < 4.78 is 41.7. The van der Waals surface area contributed by atoms with Gasteiger partial charge in [-0.1, -0.05) is 24.6 Å². The number of rotatable bonds is 4. The molecular formula is C26H28F3N5O. The Labute approximate surface area is 202 Å². The summed E-state index contributed by atoms with van der Waals surface area (Å²) in [5.74, 6) is 1.99. The highest BCUT2D eigenvalue weighted by atomic mass is 19.4. The number of carbonyl (C=O) groups is 1. The number of para-hydroxylation sites is 1. The summed E-state index contributed by atoms with van der Waals surface area (Å²) in [5, 5.41) is 11.9. The van der Waals surface area contributed by atoms with Gasteiger partial charge in [-0.2, -0.15) is 13.2 Å². The molecule has 1 saturated heterocycles. The minimum Gasteiger partial charge on any atom is -0.355 e. The Morgan fingerprint density at radius 3 is 2.69 bits per heavy atom. The lowest BCUT2D eigenvalue weighted by Crippen LogP contribution is -2.40. The van der Waals surface area contributed by atoms with Crippen molar-refractivity contribution in [3.8, 4) is 0 Å². The van der Waals surface area contributed by atoms with Gasteiger partial charge in [0.05, 0.1) is 16.8 Å². The van der Waals surface area contributed by atoms with Gasteiger partial charge in [-0.3, -0.25) is 4.79 Å². The van der Waals surface area contributed by atoms with Gasteiger partial charge in [0.1, 0.15) is 11.6 Å². The van der Waals surface area contributed by atoms with Crippen molar-refractivity contribution in [1.29, 1.82) is 0 Å². The quantitative estimate of drug-likeness (QED) is 0.511. The maximum atomic E-state index is 13.6. The monoisotopic (exact) mass is 483 g/mol. The molecule has 1 amide bonds. The molecule has 3 aromatic rings. The number of nitrogens with one attached hydrogen (secondary N) is 1. The van der Waals surface area contributed by atoms with Crippen LogP contribution in [0.2, 0.25) is 0 Å². The second-order valence-corrected chi connectivity index (χ2v) is 9.28. The zero-order chi connectivity index (χ0) is 24.4. The van der Waals surface area contributed by atoms with Gasteiger partial charge in [-0.25, -0.2) is 0 Å². The van der Waals surface area contributed by atoms with E-state index in [2.05, 4.69) is 20.1 Å². The number of nitrogens with zero attached hydrogens (tertiary/aromatic N) is 4. The predicted octanol–water partition coefficient (Wildman–Crippen LogP) is 5.79. The third-order valence-electron chi connectivity index (χ3n) is 6.84. The molecule has 0 radical (unpaired) electrons. The van der Waals surface area contributed by atoms with Crippen molar-refractivity contribution in [2.45, 2.75) is 57.2 Å². The predicted molar refractivity (Wildman–Crippen MR) is 127 cm³/mol. The molecule has 1 fully saturated rings. The largest absolute Gasteiger partial charge is 0.416 e. The minimum absolute atomic E-state index is 0.121. The molecule has 0 aliphatic carbocycles. The molecule has 2 aliphatic heterocycles. The van der Waals surface area contributed by atoms with Crippen LogP contribution >= 0.6 is 0 Å². The van der Waals surface area contributed by atoms with E-state index in [4.69, 9.17) is 0 Å². The number of fused-ring (bicyclic) bond motifs is 1. The van der Waals surface area contributed by atoms with Gasteiger partial charge in [-0.05, 0) is 56.0 Å². The van der Waals surface area contributed by atoms with Gasteiger partial charge < -0.3 is 14.8 Å². The van der Waals surface area contributed by atoms with Crippen molar-refractivity contribution in [2.24, 2.45) is 0 Å². The van der Waals surface area contributed by atoms with Crippen molar-refractivity contribution < 1.29 is 18.0 Å². The third-order valence-corrected chi connectivity index (χ3v) is 6.84. The lowest BCUT2D eigenvalue weighted by atomic mass is 9.96. The summed E-state index contributed by atoms with van der Waals surface area (Å²) in [5.41, 5.74) is 0.460. The SMILES string of the molecule is O=C(c1ccccc1Nc1cccc(C(F)(F)F)c1)N1CCCC(c2nnc3n2CCCCC3)C1. The maximum absolute atomic E-state index is 13.6. The number of hydrogen-bond donors (Lipinski definition) is 1. The van der Waals surface area contributed by atoms with Crippen molar-refractivity contribution in [1.82, 2.24) is 19.7 Å². The first-order valence-electron chi connectivity index (χ1n) is 12.1.